The first-order valence-corrected chi connectivity index (χ1v) is 12.1. The van der Waals surface area contributed by atoms with Gasteiger partial charge in [0.05, 0.1) is 11.0 Å². The highest BCUT2D eigenvalue weighted by Crippen LogP contribution is 2.57. The lowest BCUT2D eigenvalue weighted by molar-refractivity contribution is -0.157. The number of halogens is 1. The van der Waals surface area contributed by atoms with E-state index in [1.807, 2.05) is 81.4 Å². The van der Waals surface area contributed by atoms with E-state index in [2.05, 4.69) is 5.32 Å². The predicted octanol–water partition coefficient (Wildman–Crippen LogP) is 5.74. The third-order valence-electron chi connectivity index (χ3n) is 6.77. The molecule has 180 valence electrons. The Morgan fingerprint density at radius 1 is 1.00 bits per heavy atom. The molecule has 0 radical (unpaired) electrons. The predicted molar refractivity (Wildman–Crippen MR) is 135 cm³/mol. The minimum atomic E-state index is -1.10. The number of ether oxygens (including phenoxy) is 2. The van der Waals surface area contributed by atoms with Gasteiger partial charge in [-0.05, 0) is 56.2 Å². The molecule has 3 aromatic carbocycles. The van der Waals surface area contributed by atoms with E-state index < -0.39 is 35.0 Å². The van der Waals surface area contributed by atoms with Crippen molar-refractivity contribution in [2.75, 3.05) is 6.61 Å². The summed E-state index contributed by atoms with van der Waals surface area (Å²) in [7, 11) is 0. The lowest BCUT2D eigenvalue weighted by atomic mass is 9.62. The second kappa shape index (κ2) is 8.81. The van der Waals surface area contributed by atoms with Crippen molar-refractivity contribution in [2.24, 2.45) is 5.41 Å². The highest BCUT2D eigenvalue weighted by atomic mass is 35.5. The van der Waals surface area contributed by atoms with Gasteiger partial charge in [-0.2, -0.15) is 0 Å². The molecule has 0 unspecified atom stereocenters. The second-order valence-corrected chi connectivity index (χ2v) is 10.6. The fraction of sp³-hybridized carbons (Fsp3) is 0.310. The molecule has 1 N–H and O–H groups in total. The van der Waals surface area contributed by atoms with Crippen molar-refractivity contribution in [3.63, 3.8) is 0 Å². The molecule has 2 aliphatic rings. The normalized spacial score (nSPS) is 25.7. The first-order valence-electron chi connectivity index (χ1n) is 11.8. The Labute approximate surface area is 210 Å². The maximum atomic E-state index is 14.4. The molecule has 1 spiro atoms. The summed E-state index contributed by atoms with van der Waals surface area (Å²) in [6.07, 6.45) is 0. The first-order chi connectivity index (χ1) is 16.7. The molecule has 5 nitrogen and oxygen atoms in total. The standard InChI is InChI=1S/C29H28ClNO4/c1-28(2,3)35-27(33)24-23(18-10-5-4-6-11-18)29(25(31-24)19-12-9-13-20(30)16-19)17-34-22-15-8-7-14-21(22)26(29)32/h4-16,23-25,31H,17H2,1-3H3/t23-,24+,25+,29+/m1/s1. The van der Waals surface area contributed by atoms with Crippen molar-refractivity contribution >= 4 is 23.4 Å². The maximum absolute atomic E-state index is 14.4. The van der Waals surface area contributed by atoms with Crippen molar-refractivity contribution in [1.29, 1.82) is 0 Å². The number of hydrogen-bond donors (Lipinski definition) is 1. The molecule has 2 aliphatic heterocycles. The summed E-state index contributed by atoms with van der Waals surface area (Å²) < 4.78 is 12.1. The van der Waals surface area contributed by atoms with Crippen molar-refractivity contribution in [3.8, 4) is 5.75 Å². The van der Waals surface area contributed by atoms with Crippen LogP contribution in [0.3, 0.4) is 0 Å². The van der Waals surface area contributed by atoms with Crippen molar-refractivity contribution in [3.05, 3.63) is 101 Å². The highest BCUT2D eigenvalue weighted by Gasteiger charge is 2.64. The van der Waals surface area contributed by atoms with Crippen LogP contribution in [0, 0.1) is 5.41 Å². The number of benzene rings is 3. The smallest absolute Gasteiger partial charge is 0.324 e. The van der Waals surface area contributed by atoms with Crippen LogP contribution in [0.4, 0.5) is 0 Å². The zero-order chi connectivity index (χ0) is 24.8. The third kappa shape index (κ3) is 4.13. The zero-order valence-electron chi connectivity index (χ0n) is 20.0. The monoisotopic (exact) mass is 489 g/mol. The van der Waals surface area contributed by atoms with E-state index in [0.29, 0.717) is 16.3 Å². The van der Waals surface area contributed by atoms with E-state index in [1.54, 1.807) is 18.2 Å². The summed E-state index contributed by atoms with van der Waals surface area (Å²) in [5.41, 5.74) is 0.430. The van der Waals surface area contributed by atoms with Crippen LogP contribution >= 0.6 is 11.6 Å². The Bertz CT molecular complexity index is 1270. The quantitative estimate of drug-likeness (QED) is 0.475. The van der Waals surface area contributed by atoms with Gasteiger partial charge in [0.25, 0.3) is 0 Å². The average molecular weight is 490 g/mol. The molecule has 4 atom stereocenters. The number of fused-ring (bicyclic) bond motifs is 1. The fourth-order valence-corrected chi connectivity index (χ4v) is 5.64. The summed E-state index contributed by atoms with van der Waals surface area (Å²) in [4.78, 5) is 28.0. The van der Waals surface area contributed by atoms with Crippen LogP contribution in [0.2, 0.25) is 5.02 Å². The van der Waals surface area contributed by atoms with Crippen LogP contribution in [-0.2, 0) is 9.53 Å². The number of Topliss-reactive ketones (excluding diaryl/α,β-unsaturated/α-hetero) is 1. The number of esters is 1. The van der Waals surface area contributed by atoms with Gasteiger partial charge in [-0.15, -0.1) is 0 Å². The van der Waals surface area contributed by atoms with Crippen LogP contribution in [0.25, 0.3) is 0 Å². The van der Waals surface area contributed by atoms with E-state index in [9.17, 15) is 9.59 Å². The molecule has 1 saturated heterocycles. The van der Waals surface area contributed by atoms with Crippen LogP contribution in [0.15, 0.2) is 78.9 Å². The topological polar surface area (TPSA) is 64.6 Å². The van der Waals surface area contributed by atoms with E-state index >= 15 is 0 Å². The Morgan fingerprint density at radius 3 is 2.40 bits per heavy atom. The summed E-state index contributed by atoms with van der Waals surface area (Å²) in [5.74, 6) is -0.428. The molecule has 1 fully saturated rings. The van der Waals surface area contributed by atoms with Crippen LogP contribution in [0.5, 0.6) is 5.75 Å². The summed E-state index contributed by atoms with van der Waals surface area (Å²) >= 11 is 6.37. The number of para-hydroxylation sites is 1. The average Bonchev–Trinajstić information content (AvgIpc) is 3.17. The van der Waals surface area contributed by atoms with Crippen molar-refractivity contribution < 1.29 is 19.1 Å². The van der Waals surface area contributed by atoms with Gasteiger partial charge in [-0.25, -0.2) is 0 Å². The van der Waals surface area contributed by atoms with Gasteiger partial charge < -0.3 is 9.47 Å². The Morgan fingerprint density at radius 2 is 1.69 bits per heavy atom. The zero-order valence-corrected chi connectivity index (χ0v) is 20.7. The van der Waals surface area contributed by atoms with E-state index in [-0.39, 0.29) is 12.4 Å². The summed E-state index contributed by atoms with van der Waals surface area (Å²) in [6.45, 7) is 5.64. The van der Waals surface area contributed by atoms with Crippen LogP contribution in [-0.4, -0.2) is 30.0 Å². The molecule has 5 rings (SSSR count). The molecule has 0 aliphatic carbocycles. The number of rotatable bonds is 3. The van der Waals surface area contributed by atoms with Gasteiger partial charge in [-0.1, -0.05) is 66.2 Å². The van der Waals surface area contributed by atoms with Gasteiger partial charge >= 0.3 is 5.97 Å². The van der Waals surface area contributed by atoms with Gasteiger partial charge in [0, 0.05) is 17.0 Å². The lowest BCUT2D eigenvalue weighted by Crippen LogP contribution is -2.48. The number of hydrogen-bond acceptors (Lipinski definition) is 5. The lowest BCUT2D eigenvalue weighted by Gasteiger charge is -2.42. The SMILES string of the molecule is CC(C)(C)OC(=O)[C@H]1N[C@@H](c2cccc(Cl)c2)[C@]2(COc3ccccc3C2=O)[C@@H]1c1ccccc1. The molecular formula is C29H28ClNO4. The van der Waals surface area contributed by atoms with Crippen LogP contribution < -0.4 is 10.1 Å². The minimum Gasteiger partial charge on any atom is -0.492 e. The second-order valence-electron chi connectivity index (χ2n) is 10.2. The summed E-state index contributed by atoms with van der Waals surface area (Å²) in [6, 6.07) is 23.1. The van der Waals surface area contributed by atoms with Crippen LogP contribution in [0.1, 0.15) is 54.2 Å². The Kier molecular flexibility index (Phi) is 5.94. The molecular weight excluding hydrogens is 462 g/mol. The molecule has 0 bridgehead atoms. The fourth-order valence-electron chi connectivity index (χ4n) is 5.44. The van der Waals surface area contributed by atoms with Gasteiger partial charge in [-0.3, -0.25) is 14.9 Å². The molecule has 0 saturated carbocycles. The highest BCUT2D eigenvalue weighted by molar-refractivity contribution is 6.30. The largest absolute Gasteiger partial charge is 0.492 e. The van der Waals surface area contributed by atoms with Gasteiger partial charge in [0.2, 0.25) is 0 Å². The summed E-state index contributed by atoms with van der Waals surface area (Å²) in [5, 5.41) is 4.05. The molecule has 6 heteroatoms. The minimum absolute atomic E-state index is 0.0586. The molecule has 2 heterocycles. The third-order valence-corrected chi connectivity index (χ3v) is 7.01. The molecule has 35 heavy (non-hydrogen) atoms. The molecule has 0 amide bonds. The number of nitrogens with one attached hydrogen (secondary N) is 1. The Hall–Kier alpha value is -3.15. The number of carbonyl (C=O) groups is 2. The number of carbonyl (C=O) groups excluding carboxylic acids is 2. The van der Waals surface area contributed by atoms with Gasteiger partial charge in [0.1, 0.15) is 24.0 Å². The van der Waals surface area contributed by atoms with Crippen molar-refractivity contribution in [2.45, 2.75) is 44.4 Å². The number of ketones is 1. The van der Waals surface area contributed by atoms with E-state index in [4.69, 9.17) is 21.1 Å². The van der Waals surface area contributed by atoms with E-state index in [0.717, 1.165) is 11.1 Å². The Balaban J connectivity index is 1.73. The van der Waals surface area contributed by atoms with E-state index in [1.165, 1.54) is 0 Å². The molecule has 3 aromatic rings. The first kappa shape index (κ1) is 23.6. The van der Waals surface area contributed by atoms with Gasteiger partial charge in [0.15, 0.2) is 5.78 Å². The molecule has 0 aromatic heterocycles. The maximum Gasteiger partial charge on any atom is 0.324 e. The van der Waals surface area contributed by atoms with Crippen molar-refractivity contribution in [1.82, 2.24) is 5.32 Å².